The number of aryl methyl sites for hydroxylation is 1. The lowest BCUT2D eigenvalue weighted by Gasteiger charge is -2.16. The molecule has 3 rings (SSSR count). The van der Waals surface area contributed by atoms with Crippen LogP contribution in [0, 0.1) is 0 Å². The zero-order valence-electron chi connectivity index (χ0n) is 16.0. The SMILES string of the molecule is CCNC(=NCc1ccc(N2CCCC2=O)cc1)NCc1nncn1CC. The minimum Gasteiger partial charge on any atom is -0.357 e. The van der Waals surface area contributed by atoms with Gasteiger partial charge < -0.3 is 20.1 Å². The van der Waals surface area contributed by atoms with Crippen molar-refractivity contribution in [2.75, 3.05) is 18.0 Å². The molecule has 8 nitrogen and oxygen atoms in total. The van der Waals surface area contributed by atoms with Gasteiger partial charge in [-0.15, -0.1) is 10.2 Å². The van der Waals surface area contributed by atoms with Crippen LogP contribution in [0.25, 0.3) is 0 Å². The van der Waals surface area contributed by atoms with Crippen molar-refractivity contribution in [1.29, 1.82) is 0 Å². The molecule has 0 atom stereocenters. The number of carbonyl (C=O) groups is 1. The number of nitrogens with one attached hydrogen (secondary N) is 2. The Morgan fingerprint density at radius 1 is 1.22 bits per heavy atom. The van der Waals surface area contributed by atoms with E-state index in [9.17, 15) is 4.79 Å². The number of anilines is 1. The Kier molecular flexibility index (Phi) is 6.40. The molecule has 0 aliphatic carbocycles. The van der Waals surface area contributed by atoms with E-state index in [2.05, 4.69) is 32.7 Å². The van der Waals surface area contributed by atoms with Crippen molar-refractivity contribution < 1.29 is 4.79 Å². The molecule has 0 unspecified atom stereocenters. The molecule has 1 saturated heterocycles. The number of guanidine groups is 1. The lowest BCUT2D eigenvalue weighted by Crippen LogP contribution is -2.37. The maximum atomic E-state index is 11.8. The number of rotatable bonds is 7. The van der Waals surface area contributed by atoms with Gasteiger partial charge in [-0.1, -0.05) is 12.1 Å². The summed E-state index contributed by atoms with van der Waals surface area (Å²) in [5, 5.41) is 14.6. The normalized spacial score (nSPS) is 14.7. The summed E-state index contributed by atoms with van der Waals surface area (Å²) in [6.07, 6.45) is 3.32. The molecule has 1 aromatic carbocycles. The maximum Gasteiger partial charge on any atom is 0.227 e. The van der Waals surface area contributed by atoms with E-state index in [1.807, 2.05) is 40.7 Å². The average molecular weight is 369 g/mol. The summed E-state index contributed by atoms with van der Waals surface area (Å²) in [5.74, 6) is 1.82. The Labute approximate surface area is 159 Å². The molecule has 144 valence electrons. The van der Waals surface area contributed by atoms with Crippen LogP contribution in [0.1, 0.15) is 38.1 Å². The summed E-state index contributed by atoms with van der Waals surface area (Å²) in [4.78, 5) is 18.3. The average Bonchev–Trinajstić information content (AvgIpc) is 3.33. The number of nitrogens with zero attached hydrogens (tertiary/aromatic N) is 5. The van der Waals surface area contributed by atoms with Gasteiger partial charge in [0.15, 0.2) is 11.8 Å². The molecular weight excluding hydrogens is 342 g/mol. The van der Waals surface area contributed by atoms with Gasteiger partial charge in [0.1, 0.15) is 6.33 Å². The molecule has 0 spiro atoms. The zero-order valence-corrected chi connectivity index (χ0v) is 16.0. The summed E-state index contributed by atoms with van der Waals surface area (Å²) in [5.41, 5.74) is 2.06. The predicted molar refractivity (Wildman–Crippen MR) is 105 cm³/mol. The second-order valence-electron chi connectivity index (χ2n) is 6.40. The second kappa shape index (κ2) is 9.16. The number of amides is 1. The fourth-order valence-corrected chi connectivity index (χ4v) is 3.06. The Morgan fingerprint density at radius 2 is 2.04 bits per heavy atom. The quantitative estimate of drug-likeness (QED) is 0.573. The third kappa shape index (κ3) is 4.84. The van der Waals surface area contributed by atoms with Crippen molar-refractivity contribution in [2.24, 2.45) is 4.99 Å². The van der Waals surface area contributed by atoms with Crippen LogP contribution in [0.4, 0.5) is 5.69 Å². The van der Waals surface area contributed by atoms with Crippen molar-refractivity contribution >= 4 is 17.6 Å². The second-order valence-corrected chi connectivity index (χ2v) is 6.40. The minimum atomic E-state index is 0.208. The van der Waals surface area contributed by atoms with Crippen LogP contribution in [-0.2, 0) is 24.4 Å². The van der Waals surface area contributed by atoms with Crippen molar-refractivity contribution in [3.8, 4) is 0 Å². The van der Waals surface area contributed by atoms with Crippen LogP contribution in [0.2, 0.25) is 0 Å². The number of aromatic nitrogens is 3. The molecule has 0 saturated carbocycles. The van der Waals surface area contributed by atoms with Gasteiger partial charge in [-0.25, -0.2) is 4.99 Å². The van der Waals surface area contributed by atoms with Crippen LogP contribution in [-0.4, -0.2) is 39.7 Å². The van der Waals surface area contributed by atoms with E-state index in [4.69, 9.17) is 0 Å². The molecule has 2 heterocycles. The van der Waals surface area contributed by atoms with Gasteiger partial charge in [-0.3, -0.25) is 4.79 Å². The van der Waals surface area contributed by atoms with Crippen molar-refractivity contribution in [3.63, 3.8) is 0 Å². The first kappa shape index (κ1) is 18.9. The molecular formula is C19H27N7O. The molecule has 1 aliphatic rings. The molecule has 1 aromatic heterocycles. The molecule has 1 aliphatic heterocycles. The lowest BCUT2D eigenvalue weighted by atomic mass is 10.2. The van der Waals surface area contributed by atoms with Crippen LogP contribution in [0.3, 0.4) is 0 Å². The van der Waals surface area contributed by atoms with E-state index in [0.29, 0.717) is 19.5 Å². The Balaban J connectivity index is 1.60. The summed E-state index contributed by atoms with van der Waals surface area (Å²) < 4.78 is 1.99. The topological polar surface area (TPSA) is 87.4 Å². The lowest BCUT2D eigenvalue weighted by molar-refractivity contribution is -0.117. The fraction of sp³-hybridized carbons (Fsp3) is 0.474. The summed E-state index contributed by atoms with van der Waals surface area (Å²) >= 11 is 0. The monoisotopic (exact) mass is 369 g/mol. The summed E-state index contributed by atoms with van der Waals surface area (Å²) in [6.45, 7) is 7.65. The van der Waals surface area contributed by atoms with Crippen LogP contribution < -0.4 is 15.5 Å². The molecule has 8 heteroatoms. The van der Waals surface area contributed by atoms with Gasteiger partial charge in [-0.2, -0.15) is 0 Å². The highest BCUT2D eigenvalue weighted by Crippen LogP contribution is 2.21. The van der Waals surface area contributed by atoms with E-state index in [1.165, 1.54) is 0 Å². The maximum absolute atomic E-state index is 11.8. The molecule has 27 heavy (non-hydrogen) atoms. The minimum absolute atomic E-state index is 0.208. The Morgan fingerprint density at radius 3 is 2.70 bits per heavy atom. The van der Waals surface area contributed by atoms with E-state index in [-0.39, 0.29) is 5.91 Å². The Hall–Kier alpha value is -2.90. The van der Waals surface area contributed by atoms with Gasteiger partial charge in [0.05, 0.1) is 13.1 Å². The number of hydrogen-bond donors (Lipinski definition) is 2. The predicted octanol–water partition coefficient (Wildman–Crippen LogP) is 1.68. The molecule has 1 fully saturated rings. The molecule has 2 aromatic rings. The van der Waals surface area contributed by atoms with Gasteiger partial charge in [-0.05, 0) is 38.0 Å². The van der Waals surface area contributed by atoms with E-state index in [0.717, 1.165) is 49.1 Å². The fourth-order valence-electron chi connectivity index (χ4n) is 3.06. The van der Waals surface area contributed by atoms with E-state index < -0.39 is 0 Å². The third-order valence-electron chi connectivity index (χ3n) is 4.54. The number of benzene rings is 1. The van der Waals surface area contributed by atoms with Crippen molar-refractivity contribution in [3.05, 3.63) is 42.0 Å². The van der Waals surface area contributed by atoms with Crippen LogP contribution >= 0.6 is 0 Å². The first-order chi connectivity index (χ1) is 13.2. The van der Waals surface area contributed by atoms with E-state index >= 15 is 0 Å². The van der Waals surface area contributed by atoms with E-state index in [1.54, 1.807) is 6.33 Å². The highest BCUT2D eigenvalue weighted by Gasteiger charge is 2.21. The molecule has 2 N–H and O–H groups in total. The van der Waals surface area contributed by atoms with Gasteiger partial charge in [0.2, 0.25) is 5.91 Å². The van der Waals surface area contributed by atoms with Crippen molar-refractivity contribution in [2.45, 2.75) is 46.3 Å². The number of hydrogen-bond acceptors (Lipinski definition) is 4. The largest absolute Gasteiger partial charge is 0.357 e. The standard InChI is InChI=1S/C19H27N7O/c1-3-20-19(22-13-17-24-23-14-25(17)4-2)21-12-15-7-9-16(10-8-15)26-11-5-6-18(26)27/h7-10,14H,3-6,11-13H2,1-2H3,(H2,20,21,22). The van der Waals surface area contributed by atoms with Gasteiger partial charge >= 0.3 is 0 Å². The first-order valence-electron chi connectivity index (χ1n) is 9.49. The van der Waals surface area contributed by atoms with Crippen LogP contribution in [0.15, 0.2) is 35.6 Å². The zero-order chi connectivity index (χ0) is 19.1. The van der Waals surface area contributed by atoms with Crippen molar-refractivity contribution in [1.82, 2.24) is 25.4 Å². The highest BCUT2D eigenvalue weighted by atomic mass is 16.2. The summed E-state index contributed by atoms with van der Waals surface area (Å²) in [7, 11) is 0. The highest BCUT2D eigenvalue weighted by molar-refractivity contribution is 5.95. The van der Waals surface area contributed by atoms with Gasteiger partial charge in [0, 0.05) is 31.7 Å². The molecule has 0 bridgehead atoms. The molecule has 0 radical (unpaired) electrons. The van der Waals surface area contributed by atoms with Gasteiger partial charge in [0.25, 0.3) is 0 Å². The number of aliphatic imine (C=N–C) groups is 1. The third-order valence-corrected chi connectivity index (χ3v) is 4.54. The first-order valence-corrected chi connectivity index (χ1v) is 9.49. The Bertz CT molecular complexity index is 782. The molecule has 1 amide bonds. The number of carbonyl (C=O) groups excluding carboxylic acids is 1. The summed E-state index contributed by atoms with van der Waals surface area (Å²) in [6, 6.07) is 8.06. The smallest absolute Gasteiger partial charge is 0.227 e. The van der Waals surface area contributed by atoms with Crippen LogP contribution in [0.5, 0.6) is 0 Å².